The molecule has 1 unspecified atom stereocenters. The van der Waals surface area contributed by atoms with Crippen molar-refractivity contribution in [3.8, 4) is 0 Å². The average molecular weight is 247 g/mol. The van der Waals surface area contributed by atoms with E-state index in [0.717, 1.165) is 18.1 Å². The maximum Gasteiger partial charge on any atom is 0.232 e. The van der Waals surface area contributed by atoms with Crippen LogP contribution in [0.1, 0.15) is 26.0 Å². The van der Waals surface area contributed by atoms with E-state index in [-0.39, 0.29) is 24.3 Å². The summed E-state index contributed by atoms with van der Waals surface area (Å²) in [5.41, 5.74) is 0.726. The van der Waals surface area contributed by atoms with E-state index < -0.39 is 0 Å². The molecule has 1 fully saturated rings. The smallest absolute Gasteiger partial charge is 0.232 e. The number of pyridine rings is 1. The molecule has 2 amide bonds. The van der Waals surface area contributed by atoms with Gasteiger partial charge in [-0.15, -0.1) is 0 Å². The lowest BCUT2D eigenvalue weighted by Gasteiger charge is -2.14. The highest BCUT2D eigenvalue weighted by atomic mass is 16.2. The van der Waals surface area contributed by atoms with Gasteiger partial charge in [0.05, 0.1) is 12.2 Å². The van der Waals surface area contributed by atoms with Crippen LogP contribution in [0.2, 0.25) is 0 Å². The predicted molar refractivity (Wildman–Crippen MR) is 67.7 cm³/mol. The molecule has 1 aromatic rings. The molecule has 0 bridgehead atoms. The third kappa shape index (κ3) is 2.50. The second kappa shape index (κ2) is 5.16. The first-order valence-electron chi connectivity index (χ1n) is 6.15. The third-order valence-electron chi connectivity index (χ3n) is 2.95. The Hall–Kier alpha value is -1.91. The minimum Gasteiger partial charge on any atom is -0.370 e. The monoisotopic (exact) mass is 247 g/mol. The zero-order valence-electron chi connectivity index (χ0n) is 10.6. The fourth-order valence-electron chi connectivity index (χ4n) is 2.02. The molecule has 5 nitrogen and oxygen atoms in total. The van der Waals surface area contributed by atoms with Crippen LogP contribution in [0.25, 0.3) is 0 Å². The number of anilines is 1. The van der Waals surface area contributed by atoms with Crippen molar-refractivity contribution < 1.29 is 9.59 Å². The van der Waals surface area contributed by atoms with Crippen LogP contribution in [0.4, 0.5) is 5.82 Å². The summed E-state index contributed by atoms with van der Waals surface area (Å²) in [6.07, 6.45) is 0.311. The van der Waals surface area contributed by atoms with Crippen molar-refractivity contribution in [1.82, 2.24) is 9.88 Å². The number of nitrogens with one attached hydrogen (secondary N) is 1. The summed E-state index contributed by atoms with van der Waals surface area (Å²) < 4.78 is 0. The molecular formula is C13H17N3O2. The minimum absolute atomic E-state index is 0.101. The summed E-state index contributed by atoms with van der Waals surface area (Å²) in [5, 5.41) is 3.10. The van der Waals surface area contributed by atoms with E-state index in [9.17, 15) is 9.59 Å². The molecule has 2 rings (SSSR count). The highest BCUT2D eigenvalue weighted by Gasteiger charge is 2.35. The molecule has 0 aliphatic carbocycles. The van der Waals surface area contributed by atoms with Gasteiger partial charge in [0.15, 0.2) is 0 Å². The molecule has 1 aliphatic rings. The molecule has 1 aliphatic heterocycles. The summed E-state index contributed by atoms with van der Waals surface area (Å²) >= 11 is 0. The number of amides is 2. The zero-order chi connectivity index (χ0) is 13.1. The van der Waals surface area contributed by atoms with Crippen LogP contribution in [-0.4, -0.2) is 28.2 Å². The summed E-state index contributed by atoms with van der Waals surface area (Å²) in [7, 11) is 0. The molecule has 5 heteroatoms. The first kappa shape index (κ1) is 12.5. The summed E-state index contributed by atoms with van der Waals surface area (Å²) in [4.78, 5) is 29.1. The van der Waals surface area contributed by atoms with Crippen LogP contribution in [0, 0.1) is 5.92 Å². The highest BCUT2D eigenvalue weighted by Crippen LogP contribution is 2.20. The molecule has 0 spiro atoms. The molecule has 96 valence electrons. The van der Waals surface area contributed by atoms with Crippen LogP contribution < -0.4 is 5.32 Å². The van der Waals surface area contributed by atoms with Crippen LogP contribution in [0.15, 0.2) is 18.2 Å². The summed E-state index contributed by atoms with van der Waals surface area (Å²) in [6, 6.07) is 5.56. The number of carbonyl (C=O) groups is 2. The van der Waals surface area contributed by atoms with E-state index in [0.29, 0.717) is 6.42 Å². The van der Waals surface area contributed by atoms with E-state index in [4.69, 9.17) is 0 Å². The minimum atomic E-state index is -0.200. The van der Waals surface area contributed by atoms with E-state index in [1.165, 1.54) is 4.90 Å². The normalized spacial score (nSPS) is 19.4. The molecule has 0 radical (unpaired) electrons. The Morgan fingerprint density at radius 2 is 2.22 bits per heavy atom. The Balaban J connectivity index is 2.11. The Kier molecular flexibility index (Phi) is 3.60. The Morgan fingerprint density at radius 1 is 1.44 bits per heavy atom. The molecule has 1 N–H and O–H groups in total. The number of hydrogen-bond donors (Lipinski definition) is 1. The van der Waals surface area contributed by atoms with Crippen LogP contribution >= 0.6 is 0 Å². The lowest BCUT2D eigenvalue weighted by molar-refractivity contribution is -0.139. The van der Waals surface area contributed by atoms with Crippen LogP contribution in [0.3, 0.4) is 0 Å². The van der Waals surface area contributed by atoms with Crippen LogP contribution in [-0.2, 0) is 16.1 Å². The van der Waals surface area contributed by atoms with Gasteiger partial charge in [0.25, 0.3) is 0 Å². The van der Waals surface area contributed by atoms with Crippen molar-refractivity contribution >= 4 is 17.6 Å². The number of imide groups is 1. The van der Waals surface area contributed by atoms with Crippen molar-refractivity contribution in [3.63, 3.8) is 0 Å². The number of rotatable bonds is 4. The largest absolute Gasteiger partial charge is 0.370 e. The molecule has 1 aromatic heterocycles. The highest BCUT2D eigenvalue weighted by molar-refractivity contribution is 6.03. The molecule has 0 saturated carbocycles. The molecule has 1 saturated heterocycles. The maximum absolute atomic E-state index is 11.8. The fourth-order valence-corrected chi connectivity index (χ4v) is 2.02. The van der Waals surface area contributed by atoms with E-state index >= 15 is 0 Å². The number of nitrogens with zero attached hydrogens (tertiary/aromatic N) is 2. The lowest BCUT2D eigenvalue weighted by Crippen LogP contribution is -2.30. The molecule has 2 heterocycles. The number of carbonyl (C=O) groups excluding carboxylic acids is 2. The van der Waals surface area contributed by atoms with Gasteiger partial charge in [-0.2, -0.15) is 0 Å². The first-order valence-corrected chi connectivity index (χ1v) is 6.15. The van der Waals surface area contributed by atoms with E-state index in [2.05, 4.69) is 10.3 Å². The Morgan fingerprint density at radius 3 is 2.83 bits per heavy atom. The standard InChI is InChI=1S/C13H17N3O2/c1-3-14-11-6-4-5-10(15-11)8-16-12(17)7-9(2)13(16)18/h4-6,9H,3,7-8H2,1-2H3,(H,14,15). The van der Waals surface area contributed by atoms with Gasteiger partial charge in [0.1, 0.15) is 5.82 Å². The van der Waals surface area contributed by atoms with E-state index in [1.54, 1.807) is 6.92 Å². The van der Waals surface area contributed by atoms with Gasteiger partial charge >= 0.3 is 0 Å². The topological polar surface area (TPSA) is 62.3 Å². The van der Waals surface area contributed by atoms with Gasteiger partial charge in [-0.3, -0.25) is 14.5 Å². The van der Waals surface area contributed by atoms with Crippen molar-refractivity contribution in [3.05, 3.63) is 23.9 Å². The van der Waals surface area contributed by atoms with Crippen molar-refractivity contribution in [2.45, 2.75) is 26.8 Å². The molecule has 0 aromatic carbocycles. The summed E-state index contributed by atoms with van der Waals surface area (Å²) in [6.45, 7) is 4.82. The summed E-state index contributed by atoms with van der Waals surface area (Å²) in [5.74, 6) is 0.357. The van der Waals surface area contributed by atoms with Gasteiger partial charge in [0.2, 0.25) is 11.8 Å². The second-order valence-electron chi connectivity index (χ2n) is 4.47. The number of aromatic nitrogens is 1. The van der Waals surface area contributed by atoms with Crippen molar-refractivity contribution in [2.24, 2.45) is 5.92 Å². The maximum atomic E-state index is 11.8. The Labute approximate surface area is 106 Å². The van der Waals surface area contributed by atoms with Gasteiger partial charge in [-0.25, -0.2) is 4.98 Å². The van der Waals surface area contributed by atoms with Gasteiger partial charge < -0.3 is 5.32 Å². The van der Waals surface area contributed by atoms with E-state index in [1.807, 2.05) is 25.1 Å². The van der Waals surface area contributed by atoms with Crippen LogP contribution in [0.5, 0.6) is 0 Å². The molecule has 18 heavy (non-hydrogen) atoms. The van der Waals surface area contributed by atoms with Crippen molar-refractivity contribution in [1.29, 1.82) is 0 Å². The van der Waals surface area contributed by atoms with Gasteiger partial charge in [-0.1, -0.05) is 13.0 Å². The third-order valence-corrected chi connectivity index (χ3v) is 2.95. The average Bonchev–Trinajstić information content (AvgIpc) is 2.57. The van der Waals surface area contributed by atoms with Crippen molar-refractivity contribution in [2.75, 3.05) is 11.9 Å². The molecule has 1 atom stereocenters. The lowest BCUT2D eigenvalue weighted by atomic mass is 10.1. The first-order chi connectivity index (χ1) is 8.61. The number of hydrogen-bond acceptors (Lipinski definition) is 4. The second-order valence-corrected chi connectivity index (χ2v) is 4.47. The van der Waals surface area contributed by atoms with Gasteiger partial charge in [-0.05, 0) is 19.1 Å². The quantitative estimate of drug-likeness (QED) is 0.817. The molecular weight excluding hydrogens is 230 g/mol. The zero-order valence-corrected chi connectivity index (χ0v) is 10.6. The van der Waals surface area contributed by atoms with Gasteiger partial charge in [0, 0.05) is 18.9 Å². The predicted octanol–water partition coefficient (Wildman–Crippen LogP) is 1.41. The SMILES string of the molecule is CCNc1cccc(CN2C(=O)CC(C)C2=O)n1. The Bertz CT molecular complexity index is 473. The fraction of sp³-hybridized carbons (Fsp3) is 0.462. The number of likely N-dealkylation sites (tertiary alicyclic amines) is 1.